The van der Waals surface area contributed by atoms with Crippen molar-refractivity contribution < 1.29 is 4.52 Å². The fourth-order valence-corrected chi connectivity index (χ4v) is 4.22. The Bertz CT molecular complexity index is 1070. The molecule has 0 aliphatic carbocycles. The van der Waals surface area contributed by atoms with Crippen LogP contribution in [0.15, 0.2) is 47.2 Å². The van der Waals surface area contributed by atoms with Crippen molar-refractivity contribution in [3.05, 3.63) is 47.6 Å². The molecule has 7 nitrogen and oxygen atoms in total. The van der Waals surface area contributed by atoms with Gasteiger partial charge in [-0.2, -0.15) is 4.98 Å². The van der Waals surface area contributed by atoms with Gasteiger partial charge in [0.25, 0.3) is 11.8 Å². The molecule has 1 fully saturated rings. The van der Waals surface area contributed by atoms with Crippen LogP contribution in [0, 0.1) is 6.92 Å². The lowest BCUT2D eigenvalue weighted by molar-refractivity contribution is 0.428. The van der Waals surface area contributed by atoms with E-state index in [-0.39, 0.29) is 0 Å². The summed E-state index contributed by atoms with van der Waals surface area (Å²) in [6, 6.07) is 12.0. The van der Waals surface area contributed by atoms with Crippen LogP contribution in [0.1, 0.15) is 4.88 Å². The van der Waals surface area contributed by atoms with E-state index in [0.29, 0.717) is 11.8 Å². The summed E-state index contributed by atoms with van der Waals surface area (Å²) in [5.41, 5.74) is 0.936. The number of rotatable bonds is 3. The molecule has 3 aromatic heterocycles. The molecule has 0 atom stereocenters. The van der Waals surface area contributed by atoms with Crippen LogP contribution in [0.4, 0.5) is 11.8 Å². The highest BCUT2D eigenvalue weighted by Crippen LogP contribution is 2.30. The Morgan fingerprint density at radius 1 is 1.00 bits per heavy atom. The number of thiophene rings is 1. The minimum absolute atomic E-state index is 0.555. The fraction of sp³-hybridized carbons (Fsp3) is 0.263. The highest BCUT2D eigenvalue weighted by atomic mass is 32.1. The molecular formula is C19H18N6OS. The number of hydrogen-bond donors (Lipinski definition) is 0. The van der Waals surface area contributed by atoms with Crippen molar-refractivity contribution in [2.24, 2.45) is 0 Å². The molecule has 1 aliphatic rings. The predicted octanol–water partition coefficient (Wildman–Crippen LogP) is 3.38. The normalized spacial score (nSPS) is 14.9. The summed E-state index contributed by atoms with van der Waals surface area (Å²) in [5, 5.41) is 5.30. The Balaban J connectivity index is 1.32. The summed E-state index contributed by atoms with van der Waals surface area (Å²) in [7, 11) is 0. The summed E-state index contributed by atoms with van der Waals surface area (Å²) in [6.45, 7) is 5.46. The van der Waals surface area contributed by atoms with Gasteiger partial charge in [0.2, 0.25) is 0 Å². The molecule has 8 heteroatoms. The zero-order valence-corrected chi connectivity index (χ0v) is 15.7. The van der Waals surface area contributed by atoms with Crippen molar-refractivity contribution in [3.8, 4) is 11.5 Å². The first-order valence-electron chi connectivity index (χ1n) is 8.88. The summed E-state index contributed by atoms with van der Waals surface area (Å²) in [5.74, 6) is 2.22. The number of nitrogens with zero attached hydrogens (tertiary/aromatic N) is 6. The van der Waals surface area contributed by atoms with Crippen molar-refractivity contribution in [2.45, 2.75) is 6.92 Å². The number of piperazine rings is 1. The Labute approximate surface area is 160 Å². The van der Waals surface area contributed by atoms with Crippen LogP contribution >= 0.6 is 11.3 Å². The molecule has 0 spiro atoms. The van der Waals surface area contributed by atoms with Gasteiger partial charge in [0, 0.05) is 36.6 Å². The van der Waals surface area contributed by atoms with Gasteiger partial charge in [0.1, 0.15) is 17.0 Å². The van der Waals surface area contributed by atoms with E-state index in [1.54, 1.807) is 17.7 Å². The minimum Gasteiger partial charge on any atom is -0.352 e. The summed E-state index contributed by atoms with van der Waals surface area (Å²) in [6.07, 6.45) is 1.66. The predicted molar refractivity (Wildman–Crippen MR) is 106 cm³/mol. The van der Waals surface area contributed by atoms with E-state index >= 15 is 0 Å². The van der Waals surface area contributed by atoms with Crippen molar-refractivity contribution in [2.75, 3.05) is 36.0 Å². The highest BCUT2D eigenvalue weighted by molar-refractivity contribution is 7.18. The van der Waals surface area contributed by atoms with E-state index in [2.05, 4.69) is 42.9 Å². The van der Waals surface area contributed by atoms with E-state index in [1.165, 1.54) is 4.88 Å². The van der Waals surface area contributed by atoms with E-state index in [1.807, 2.05) is 30.3 Å². The lowest BCUT2D eigenvalue weighted by Gasteiger charge is -2.34. The molecule has 0 N–H and O–H groups in total. The number of anilines is 2. The van der Waals surface area contributed by atoms with Gasteiger partial charge in [-0.1, -0.05) is 18.2 Å². The number of hydrogen-bond acceptors (Lipinski definition) is 8. The summed E-state index contributed by atoms with van der Waals surface area (Å²) in [4.78, 5) is 20.3. The highest BCUT2D eigenvalue weighted by Gasteiger charge is 2.23. The van der Waals surface area contributed by atoms with Crippen LogP contribution < -0.4 is 9.80 Å². The van der Waals surface area contributed by atoms with Gasteiger partial charge in [-0.15, -0.1) is 11.3 Å². The molecule has 136 valence electrons. The number of fused-ring (bicyclic) bond motifs is 1. The minimum atomic E-state index is 0.555. The van der Waals surface area contributed by atoms with E-state index in [9.17, 15) is 0 Å². The zero-order valence-electron chi connectivity index (χ0n) is 14.9. The average Bonchev–Trinajstić information content (AvgIpc) is 3.35. The van der Waals surface area contributed by atoms with Crippen molar-refractivity contribution in [1.82, 2.24) is 20.1 Å². The molecule has 0 amide bonds. The average molecular weight is 378 g/mol. The molecule has 4 aromatic rings. The third-order valence-electron chi connectivity index (χ3n) is 4.73. The molecule has 1 saturated heterocycles. The number of aromatic nitrogens is 4. The van der Waals surface area contributed by atoms with E-state index in [0.717, 1.165) is 47.8 Å². The molecule has 4 heterocycles. The van der Waals surface area contributed by atoms with E-state index in [4.69, 9.17) is 4.52 Å². The molecule has 1 aliphatic heterocycles. The van der Waals surface area contributed by atoms with Crippen LogP contribution in [-0.2, 0) is 0 Å². The molecule has 0 bridgehead atoms. The Kier molecular flexibility index (Phi) is 3.97. The second-order valence-corrected chi connectivity index (χ2v) is 7.75. The van der Waals surface area contributed by atoms with Gasteiger partial charge in [0.05, 0.1) is 5.39 Å². The van der Waals surface area contributed by atoms with Gasteiger partial charge in [0.15, 0.2) is 0 Å². The molecule has 0 radical (unpaired) electrons. The second kappa shape index (κ2) is 6.62. The first-order chi connectivity index (χ1) is 13.3. The fourth-order valence-electron chi connectivity index (χ4n) is 3.38. The summed E-state index contributed by atoms with van der Waals surface area (Å²) < 4.78 is 5.44. The molecule has 0 saturated carbocycles. The first kappa shape index (κ1) is 16.2. The number of benzene rings is 1. The van der Waals surface area contributed by atoms with Crippen LogP contribution in [0.2, 0.25) is 0 Å². The van der Waals surface area contributed by atoms with Gasteiger partial charge >= 0.3 is 0 Å². The SMILES string of the molecule is Cc1cc2c(N3CCN(c4noc(-c5ccccc5)n4)CC3)ncnc2s1. The maximum Gasteiger partial charge on any atom is 0.266 e. The van der Waals surface area contributed by atoms with Crippen molar-refractivity contribution in [3.63, 3.8) is 0 Å². The third kappa shape index (κ3) is 3.02. The molecular weight excluding hydrogens is 360 g/mol. The largest absolute Gasteiger partial charge is 0.352 e. The maximum atomic E-state index is 5.44. The molecule has 0 unspecified atom stereocenters. The Hall–Kier alpha value is -3.00. The maximum absolute atomic E-state index is 5.44. The summed E-state index contributed by atoms with van der Waals surface area (Å²) >= 11 is 1.71. The van der Waals surface area contributed by atoms with Crippen LogP contribution in [0.25, 0.3) is 21.7 Å². The number of aryl methyl sites for hydroxylation is 1. The standard InChI is InChI=1S/C19H18N6OS/c1-13-11-15-16(20-12-21-18(15)27-13)24-7-9-25(10-8-24)19-22-17(26-23-19)14-5-3-2-4-6-14/h2-6,11-12H,7-10H2,1H3. The van der Waals surface area contributed by atoms with Crippen LogP contribution in [0.3, 0.4) is 0 Å². The Morgan fingerprint density at radius 3 is 2.59 bits per heavy atom. The lowest BCUT2D eigenvalue weighted by atomic mass is 10.2. The second-order valence-electron chi connectivity index (χ2n) is 6.51. The molecule has 27 heavy (non-hydrogen) atoms. The lowest BCUT2D eigenvalue weighted by Crippen LogP contribution is -2.47. The smallest absolute Gasteiger partial charge is 0.266 e. The third-order valence-corrected chi connectivity index (χ3v) is 5.69. The topological polar surface area (TPSA) is 71.2 Å². The molecule has 5 rings (SSSR count). The van der Waals surface area contributed by atoms with Gasteiger partial charge < -0.3 is 14.3 Å². The van der Waals surface area contributed by atoms with Gasteiger partial charge in [-0.3, -0.25) is 0 Å². The van der Waals surface area contributed by atoms with Crippen LogP contribution in [-0.4, -0.2) is 46.3 Å². The van der Waals surface area contributed by atoms with Gasteiger partial charge in [-0.25, -0.2) is 9.97 Å². The quantitative estimate of drug-likeness (QED) is 0.541. The monoisotopic (exact) mass is 378 g/mol. The van der Waals surface area contributed by atoms with E-state index < -0.39 is 0 Å². The van der Waals surface area contributed by atoms with Crippen LogP contribution in [0.5, 0.6) is 0 Å². The van der Waals surface area contributed by atoms with Gasteiger partial charge in [-0.05, 0) is 30.3 Å². The van der Waals surface area contributed by atoms with Crippen molar-refractivity contribution in [1.29, 1.82) is 0 Å². The molecule has 1 aromatic carbocycles. The first-order valence-corrected chi connectivity index (χ1v) is 9.70. The Morgan fingerprint density at radius 2 is 1.78 bits per heavy atom. The zero-order chi connectivity index (χ0) is 18.2. The van der Waals surface area contributed by atoms with Crippen molar-refractivity contribution >= 4 is 33.3 Å².